The number of methoxy groups -OCH3 is 1. The average Bonchev–Trinajstić information content (AvgIpc) is 3.35. The van der Waals surface area contributed by atoms with E-state index in [0.29, 0.717) is 106 Å². The normalized spacial score (nSPS) is 19.6. The molecule has 0 radical (unpaired) electrons. The molecule has 428 valence electrons. The first-order valence-corrected chi connectivity index (χ1v) is 26.3. The zero-order valence-electron chi connectivity index (χ0n) is 47.6. The zero-order valence-corrected chi connectivity index (χ0v) is 47.6. The summed E-state index contributed by atoms with van der Waals surface area (Å²) >= 11 is 0. The van der Waals surface area contributed by atoms with E-state index in [2.05, 4.69) is 4.89 Å². The lowest BCUT2D eigenvalue weighted by Crippen LogP contribution is -2.31. The zero-order chi connectivity index (χ0) is 53.6. The molecule has 0 fully saturated rings. The molecule has 0 heterocycles. The first-order valence-electron chi connectivity index (χ1n) is 26.3. The van der Waals surface area contributed by atoms with Gasteiger partial charge in [0.2, 0.25) is 0 Å². The van der Waals surface area contributed by atoms with Gasteiger partial charge in [0.15, 0.2) is 0 Å². The van der Waals surface area contributed by atoms with Crippen LogP contribution in [0, 0.1) is 0 Å². The number of rotatable bonds is 51. The fourth-order valence-electron chi connectivity index (χ4n) is 5.83. The SMILES string of the molecule is COCC(C)OCC(C)OCC(C)OCC(C)OCC(C)OCC(C)OCC(C)OCC(C)OCC(C)OCC(C)OCC(C)OCC(C)OCC(C)OCC(C)OCC(C)OCC(C)OCC(C)OO. The number of ether oxygens (including phenoxy) is 17. The van der Waals surface area contributed by atoms with Gasteiger partial charge in [-0.3, -0.25) is 5.26 Å². The molecule has 0 aliphatic heterocycles. The van der Waals surface area contributed by atoms with Crippen LogP contribution in [-0.4, -0.2) is 228 Å². The van der Waals surface area contributed by atoms with Crippen molar-refractivity contribution in [1.29, 1.82) is 0 Å². The van der Waals surface area contributed by atoms with E-state index in [-0.39, 0.29) is 110 Å². The van der Waals surface area contributed by atoms with E-state index in [4.69, 9.17) is 85.8 Å². The average molecular weight is 1040 g/mol. The molecule has 0 aromatic rings. The van der Waals surface area contributed by atoms with E-state index < -0.39 is 0 Å². The van der Waals surface area contributed by atoms with Crippen LogP contribution >= 0.6 is 0 Å². The third kappa shape index (κ3) is 44.1. The van der Waals surface area contributed by atoms with Crippen molar-refractivity contribution in [3.05, 3.63) is 0 Å². The Bertz CT molecular complexity index is 1160. The Balaban J connectivity index is 4.00. The summed E-state index contributed by atoms with van der Waals surface area (Å²) in [7, 11) is 1.66. The Kier molecular flexibility index (Phi) is 43.9. The minimum atomic E-state index is -0.388. The molecule has 71 heavy (non-hydrogen) atoms. The fourth-order valence-corrected chi connectivity index (χ4v) is 5.83. The Labute approximate surface area is 430 Å². The second-order valence-electron chi connectivity index (χ2n) is 19.7. The summed E-state index contributed by atoms with van der Waals surface area (Å²) in [4.78, 5) is 4.22. The smallest absolute Gasteiger partial charge is 0.113 e. The van der Waals surface area contributed by atoms with Crippen LogP contribution in [0.3, 0.4) is 0 Å². The summed E-state index contributed by atoms with van der Waals surface area (Å²) < 4.78 is 99.6. The standard InChI is InChI=1S/C52H106O19/c1-36(19-54-18)55-20-37(2)56-21-38(3)57-22-39(4)58-23-40(5)59-24-41(6)60-25-42(7)61-26-43(8)62-27-44(9)63-28-45(10)64-29-46(11)65-30-47(12)66-31-48(13)67-32-49(14)68-33-50(15)69-34-51(16)70-35-52(17)71-53/h36-53H,19-35H2,1-18H3. The van der Waals surface area contributed by atoms with Gasteiger partial charge in [0.25, 0.3) is 0 Å². The first kappa shape index (κ1) is 70.2. The van der Waals surface area contributed by atoms with Crippen molar-refractivity contribution in [3.63, 3.8) is 0 Å². The summed E-state index contributed by atoms with van der Waals surface area (Å²) in [6, 6.07) is 0. The summed E-state index contributed by atoms with van der Waals surface area (Å²) in [5.41, 5.74) is 0. The number of hydrogen-bond donors (Lipinski definition) is 1. The molecule has 0 aromatic carbocycles. The monoisotopic (exact) mass is 1030 g/mol. The third-order valence-electron chi connectivity index (χ3n) is 10.4. The molecule has 0 aliphatic carbocycles. The highest BCUT2D eigenvalue weighted by Gasteiger charge is 2.18. The highest BCUT2D eigenvalue weighted by Crippen LogP contribution is 2.09. The van der Waals surface area contributed by atoms with Crippen LogP contribution in [0.1, 0.15) is 118 Å². The Morgan fingerprint density at radius 2 is 0.282 bits per heavy atom. The molecule has 0 aromatic heterocycles. The fraction of sp³-hybridized carbons (Fsp3) is 1.00. The van der Waals surface area contributed by atoms with Gasteiger partial charge in [-0.1, -0.05) is 0 Å². The second-order valence-corrected chi connectivity index (χ2v) is 19.7. The lowest BCUT2D eigenvalue weighted by molar-refractivity contribution is -0.284. The van der Waals surface area contributed by atoms with Crippen LogP contribution in [-0.2, 0) is 85.4 Å². The van der Waals surface area contributed by atoms with Crippen molar-refractivity contribution in [1.82, 2.24) is 0 Å². The lowest BCUT2D eigenvalue weighted by Gasteiger charge is -2.24. The van der Waals surface area contributed by atoms with E-state index in [1.165, 1.54) is 0 Å². The van der Waals surface area contributed by atoms with Gasteiger partial charge in [0, 0.05) is 7.11 Å². The minimum Gasteiger partial charge on any atom is -0.382 e. The van der Waals surface area contributed by atoms with E-state index in [9.17, 15) is 0 Å². The van der Waals surface area contributed by atoms with Gasteiger partial charge in [0.05, 0.1) is 210 Å². The van der Waals surface area contributed by atoms with E-state index in [1.54, 1.807) is 14.0 Å². The van der Waals surface area contributed by atoms with Gasteiger partial charge in [-0.25, -0.2) is 4.89 Å². The van der Waals surface area contributed by atoms with Gasteiger partial charge in [-0.05, 0) is 118 Å². The maximum Gasteiger partial charge on any atom is 0.113 e. The maximum absolute atomic E-state index is 8.64. The maximum atomic E-state index is 8.64. The highest BCUT2D eigenvalue weighted by atomic mass is 17.1. The number of hydrogen-bond acceptors (Lipinski definition) is 19. The molecule has 0 aliphatic rings. The molecular formula is C52H106O19. The van der Waals surface area contributed by atoms with Gasteiger partial charge >= 0.3 is 0 Å². The quantitative estimate of drug-likeness (QED) is 0.0485. The Morgan fingerprint density at radius 3 is 0.380 bits per heavy atom. The predicted molar refractivity (Wildman–Crippen MR) is 272 cm³/mol. The second kappa shape index (κ2) is 44.4. The molecule has 0 saturated heterocycles. The van der Waals surface area contributed by atoms with Gasteiger partial charge in [0.1, 0.15) is 6.10 Å². The molecule has 0 spiro atoms. The van der Waals surface area contributed by atoms with Crippen LogP contribution < -0.4 is 0 Å². The van der Waals surface area contributed by atoms with Gasteiger partial charge < -0.3 is 80.5 Å². The molecule has 17 unspecified atom stereocenters. The van der Waals surface area contributed by atoms with Crippen LogP contribution in [0.4, 0.5) is 0 Å². The molecule has 0 saturated carbocycles. The van der Waals surface area contributed by atoms with Gasteiger partial charge in [-0.2, -0.15) is 0 Å². The van der Waals surface area contributed by atoms with Crippen molar-refractivity contribution in [2.45, 2.75) is 221 Å². The van der Waals surface area contributed by atoms with Crippen molar-refractivity contribution in [2.24, 2.45) is 0 Å². The van der Waals surface area contributed by atoms with Crippen molar-refractivity contribution in [2.75, 3.05) is 119 Å². The van der Waals surface area contributed by atoms with E-state index in [0.717, 1.165) is 0 Å². The van der Waals surface area contributed by atoms with E-state index in [1.807, 2.05) is 111 Å². The summed E-state index contributed by atoms with van der Waals surface area (Å²) in [5, 5.41) is 8.64. The van der Waals surface area contributed by atoms with E-state index >= 15 is 0 Å². The van der Waals surface area contributed by atoms with Crippen molar-refractivity contribution in [3.8, 4) is 0 Å². The van der Waals surface area contributed by atoms with Crippen molar-refractivity contribution >= 4 is 0 Å². The lowest BCUT2D eigenvalue weighted by atomic mass is 10.3. The summed E-state index contributed by atoms with van der Waals surface area (Å²) in [5.74, 6) is 0. The molecule has 17 atom stereocenters. The molecule has 0 bridgehead atoms. The predicted octanol–water partition coefficient (Wildman–Crippen LogP) is 6.99. The Morgan fingerprint density at radius 1 is 0.183 bits per heavy atom. The van der Waals surface area contributed by atoms with Crippen LogP contribution in [0.15, 0.2) is 0 Å². The summed E-state index contributed by atoms with van der Waals surface area (Å²) in [6.45, 7) is 40.9. The molecule has 0 amide bonds. The Hall–Kier alpha value is -0.760. The van der Waals surface area contributed by atoms with Crippen LogP contribution in [0.25, 0.3) is 0 Å². The topological polar surface area (TPSA) is 186 Å². The molecule has 19 nitrogen and oxygen atoms in total. The molecular weight excluding hydrogens is 929 g/mol. The largest absolute Gasteiger partial charge is 0.382 e. The summed E-state index contributed by atoms with van der Waals surface area (Å²) in [6.07, 6.45) is -1.83. The minimum absolute atomic E-state index is 0.0319. The molecule has 19 heteroatoms. The van der Waals surface area contributed by atoms with Crippen molar-refractivity contribution < 1.29 is 90.7 Å². The van der Waals surface area contributed by atoms with Gasteiger partial charge in [-0.15, -0.1) is 0 Å². The molecule has 1 N–H and O–H groups in total. The van der Waals surface area contributed by atoms with Crippen LogP contribution in [0.5, 0.6) is 0 Å². The third-order valence-corrected chi connectivity index (χ3v) is 10.4. The molecule has 0 rings (SSSR count). The first-order chi connectivity index (χ1) is 33.6. The highest BCUT2D eigenvalue weighted by molar-refractivity contribution is 4.63. The van der Waals surface area contributed by atoms with Crippen LogP contribution in [0.2, 0.25) is 0 Å².